The summed E-state index contributed by atoms with van der Waals surface area (Å²) in [6.45, 7) is 10.1. The van der Waals surface area contributed by atoms with E-state index in [0.717, 1.165) is 16.7 Å². The summed E-state index contributed by atoms with van der Waals surface area (Å²) in [5, 5.41) is 6.88. The maximum Gasteiger partial charge on any atom is 0.333 e. The van der Waals surface area contributed by atoms with E-state index in [9.17, 15) is 13.2 Å². The van der Waals surface area contributed by atoms with Crippen LogP contribution in [0.2, 0.25) is 0 Å². The van der Waals surface area contributed by atoms with E-state index in [1.807, 2.05) is 76.2 Å². The molecule has 0 atom stereocenters. The number of nitrogens with zero attached hydrogens (tertiary/aromatic N) is 1. The lowest BCUT2D eigenvalue weighted by molar-refractivity contribution is 0.130. The Hall–Kier alpha value is -3.65. The first-order valence-electron chi connectivity index (χ1n) is 11.9. The minimum Gasteiger partial charge on any atom is -0.391 e. The second-order valence-electron chi connectivity index (χ2n) is 9.14. The number of rotatable bonds is 9. The summed E-state index contributed by atoms with van der Waals surface area (Å²) in [6.07, 6.45) is 0. The molecule has 190 valence electrons. The molecule has 0 saturated heterocycles. The number of sulfonamides is 1. The van der Waals surface area contributed by atoms with Crippen LogP contribution in [0.15, 0.2) is 82.8 Å². The van der Waals surface area contributed by atoms with E-state index >= 15 is 0 Å². The standard InChI is InChI=1S/C28H33N3O4S/c1-19(2)25-15-10-16-26(20(3)4)27(25)29-28(32)31-36(33,34)24-14-9-13-23(17-24)21(5)30-35-18-22-11-7-6-8-12-22/h6-17,19-20H,18H2,1-5H3,(H2,29,31,32). The molecule has 3 aromatic rings. The topological polar surface area (TPSA) is 96.9 Å². The monoisotopic (exact) mass is 507 g/mol. The molecule has 2 N–H and O–H groups in total. The van der Waals surface area contributed by atoms with Gasteiger partial charge in [-0.3, -0.25) is 0 Å². The molecule has 0 unspecified atom stereocenters. The summed E-state index contributed by atoms with van der Waals surface area (Å²) in [4.78, 5) is 18.2. The lowest BCUT2D eigenvalue weighted by Gasteiger charge is -2.20. The highest BCUT2D eigenvalue weighted by atomic mass is 32.2. The molecule has 36 heavy (non-hydrogen) atoms. The lowest BCUT2D eigenvalue weighted by Crippen LogP contribution is -2.35. The fraction of sp³-hybridized carbons (Fsp3) is 0.286. The quantitative estimate of drug-likeness (QED) is 0.259. The summed E-state index contributed by atoms with van der Waals surface area (Å²) in [6, 6.07) is 20.8. The highest BCUT2D eigenvalue weighted by Crippen LogP contribution is 2.32. The number of oxime groups is 1. The van der Waals surface area contributed by atoms with Crippen molar-refractivity contribution in [2.45, 2.75) is 58.0 Å². The number of hydrogen-bond donors (Lipinski definition) is 2. The minimum absolute atomic E-state index is 0.0472. The Morgan fingerprint density at radius 2 is 1.50 bits per heavy atom. The fourth-order valence-electron chi connectivity index (χ4n) is 3.73. The van der Waals surface area contributed by atoms with Gasteiger partial charge >= 0.3 is 6.03 Å². The third-order valence-corrected chi connectivity index (χ3v) is 7.00. The Bertz CT molecular complexity index is 1310. The Balaban J connectivity index is 1.75. The maximum absolute atomic E-state index is 13.0. The first-order chi connectivity index (χ1) is 17.1. The molecule has 0 fully saturated rings. The number of para-hydroxylation sites is 1. The molecule has 0 bridgehead atoms. The van der Waals surface area contributed by atoms with Gasteiger partial charge in [0.05, 0.1) is 10.6 Å². The summed E-state index contributed by atoms with van der Waals surface area (Å²) < 4.78 is 28.1. The second kappa shape index (κ2) is 11.9. The Morgan fingerprint density at radius 3 is 2.11 bits per heavy atom. The van der Waals surface area contributed by atoms with Gasteiger partial charge < -0.3 is 10.2 Å². The molecule has 0 saturated carbocycles. The van der Waals surface area contributed by atoms with E-state index in [2.05, 4.69) is 15.2 Å². The third kappa shape index (κ3) is 6.95. The van der Waals surface area contributed by atoms with Crippen molar-refractivity contribution in [3.8, 4) is 0 Å². The van der Waals surface area contributed by atoms with E-state index in [1.165, 1.54) is 12.1 Å². The van der Waals surface area contributed by atoms with Crippen LogP contribution in [0.5, 0.6) is 0 Å². The predicted molar refractivity (Wildman–Crippen MR) is 144 cm³/mol. The lowest BCUT2D eigenvalue weighted by atomic mass is 9.93. The van der Waals surface area contributed by atoms with Crippen LogP contribution < -0.4 is 10.0 Å². The van der Waals surface area contributed by atoms with Crippen LogP contribution in [0, 0.1) is 0 Å². The summed E-state index contributed by atoms with van der Waals surface area (Å²) in [7, 11) is -4.12. The minimum atomic E-state index is -4.12. The van der Waals surface area contributed by atoms with Crippen LogP contribution in [-0.4, -0.2) is 20.2 Å². The van der Waals surface area contributed by atoms with Crippen LogP contribution in [0.25, 0.3) is 0 Å². The molecule has 0 aliphatic heterocycles. The summed E-state index contributed by atoms with van der Waals surface area (Å²) >= 11 is 0. The first kappa shape index (κ1) is 26.9. The molecule has 2 amide bonds. The number of carbonyl (C=O) groups is 1. The van der Waals surface area contributed by atoms with Crippen LogP contribution in [0.4, 0.5) is 10.5 Å². The molecule has 7 nitrogen and oxygen atoms in total. The van der Waals surface area contributed by atoms with Gasteiger partial charge in [0.15, 0.2) is 0 Å². The highest BCUT2D eigenvalue weighted by Gasteiger charge is 2.21. The van der Waals surface area contributed by atoms with Gasteiger partial charge in [-0.25, -0.2) is 17.9 Å². The van der Waals surface area contributed by atoms with Gasteiger partial charge in [0, 0.05) is 11.3 Å². The number of nitrogens with one attached hydrogen (secondary N) is 2. The zero-order valence-corrected chi connectivity index (χ0v) is 22.1. The molecular formula is C28H33N3O4S. The van der Waals surface area contributed by atoms with E-state index < -0.39 is 16.1 Å². The van der Waals surface area contributed by atoms with E-state index in [4.69, 9.17) is 4.84 Å². The largest absolute Gasteiger partial charge is 0.391 e. The average molecular weight is 508 g/mol. The zero-order valence-electron chi connectivity index (χ0n) is 21.3. The van der Waals surface area contributed by atoms with Crippen molar-refractivity contribution in [3.63, 3.8) is 0 Å². The SMILES string of the molecule is CC(=NOCc1ccccc1)c1cccc(S(=O)(=O)NC(=O)Nc2c(C(C)C)cccc2C(C)C)c1. The molecule has 0 aromatic heterocycles. The van der Waals surface area contributed by atoms with Gasteiger partial charge in [-0.1, -0.05) is 93.5 Å². The van der Waals surface area contributed by atoms with E-state index in [1.54, 1.807) is 19.1 Å². The van der Waals surface area contributed by atoms with Gasteiger partial charge in [-0.2, -0.15) is 0 Å². The molecule has 3 aromatic carbocycles. The zero-order chi connectivity index (χ0) is 26.3. The molecule has 0 aliphatic rings. The van der Waals surface area contributed by atoms with Crippen molar-refractivity contribution in [2.75, 3.05) is 5.32 Å². The van der Waals surface area contributed by atoms with Gasteiger partial charge in [0.2, 0.25) is 0 Å². The molecular weight excluding hydrogens is 474 g/mol. The van der Waals surface area contributed by atoms with Crippen LogP contribution in [-0.2, 0) is 21.5 Å². The smallest absolute Gasteiger partial charge is 0.333 e. The number of urea groups is 1. The van der Waals surface area contributed by atoms with E-state index in [-0.39, 0.29) is 16.7 Å². The van der Waals surface area contributed by atoms with Gasteiger partial charge in [0.1, 0.15) is 6.61 Å². The number of amides is 2. The number of anilines is 1. The molecule has 3 rings (SSSR count). The molecule has 0 aliphatic carbocycles. The second-order valence-corrected chi connectivity index (χ2v) is 10.8. The van der Waals surface area contributed by atoms with Gasteiger partial charge in [0.25, 0.3) is 10.0 Å². The Morgan fingerprint density at radius 1 is 0.889 bits per heavy atom. The normalized spacial score (nSPS) is 12.0. The summed E-state index contributed by atoms with van der Waals surface area (Å²) in [5.41, 5.74) is 4.58. The average Bonchev–Trinajstić information content (AvgIpc) is 2.84. The van der Waals surface area contributed by atoms with Crippen molar-refractivity contribution >= 4 is 27.5 Å². The molecule has 0 heterocycles. The fourth-order valence-corrected chi connectivity index (χ4v) is 4.69. The number of hydrogen-bond acceptors (Lipinski definition) is 5. The Kier molecular flexibility index (Phi) is 8.88. The van der Waals surface area contributed by atoms with Crippen molar-refractivity contribution in [3.05, 3.63) is 95.1 Å². The van der Waals surface area contributed by atoms with Crippen molar-refractivity contribution in [2.24, 2.45) is 5.16 Å². The third-order valence-electron chi connectivity index (χ3n) is 5.68. The molecule has 8 heteroatoms. The number of benzene rings is 3. The van der Waals surface area contributed by atoms with Crippen molar-refractivity contribution in [1.82, 2.24) is 4.72 Å². The van der Waals surface area contributed by atoms with Crippen LogP contribution in [0.1, 0.15) is 68.7 Å². The molecule has 0 radical (unpaired) electrons. The summed E-state index contributed by atoms with van der Waals surface area (Å²) in [5.74, 6) is 0.303. The van der Waals surface area contributed by atoms with E-state index in [0.29, 0.717) is 23.6 Å². The van der Waals surface area contributed by atoms with Crippen molar-refractivity contribution < 1.29 is 18.0 Å². The maximum atomic E-state index is 13.0. The highest BCUT2D eigenvalue weighted by molar-refractivity contribution is 7.90. The van der Waals surface area contributed by atoms with Gasteiger partial charge in [-0.05, 0) is 47.6 Å². The van der Waals surface area contributed by atoms with Crippen LogP contribution in [0.3, 0.4) is 0 Å². The Labute approximate surface area is 213 Å². The molecule has 0 spiro atoms. The van der Waals surface area contributed by atoms with Crippen molar-refractivity contribution in [1.29, 1.82) is 0 Å². The van der Waals surface area contributed by atoms with Crippen LogP contribution >= 0.6 is 0 Å². The first-order valence-corrected chi connectivity index (χ1v) is 13.3. The predicted octanol–water partition coefficient (Wildman–Crippen LogP) is 6.38. The van der Waals surface area contributed by atoms with Gasteiger partial charge in [-0.15, -0.1) is 0 Å². The number of carbonyl (C=O) groups excluding carboxylic acids is 1.